The van der Waals surface area contributed by atoms with E-state index in [2.05, 4.69) is 0 Å². The van der Waals surface area contributed by atoms with Crippen molar-refractivity contribution in [3.63, 3.8) is 0 Å². The lowest BCUT2D eigenvalue weighted by Gasteiger charge is -2.12. The Morgan fingerprint density at radius 3 is 2.32 bits per heavy atom. The van der Waals surface area contributed by atoms with Crippen molar-refractivity contribution in [1.29, 1.82) is 0 Å². The summed E-state index contributed by atoms with van der Waals surface area (Å²) in [6, 6.07) is 12.7. The Balaban J connectivity index is 2.44. The van der Waals surface area contributed by atoms with Crippen LogP contribution < -0.4 is 0 Å². The summed E-state index contributed by atoms with van der Waals surface area (Å²) in [6.45, 7) is 1.48. The second-order valence-corrected chi connectivity index (χ2v) is 5.80. The average Bonchev–Trinajstić information content (AvgIpc) is 2.48. The largest absolute Gasteiger partial charge is 0.481 e. The van der Waals surface area contributed by atoms with Gasteiger partial charge in [0.25, 0.3) is 0 Å². The highest BCUT2D eigenvalue weighted by Gasteiger charge is 2.22. The van der Waals surface area contributed by atoms with E-state index in [0.717, 1.165) is 5.56 Å². The molecule has 114 valence electrons. The number of carboxylic acid groups (broad SMARTS) is 1. The van der Waals surface area contributed by atoms with E-state index in [9.17, 15) is 9.59 Å². The van der Waals surface area contributed by atoms with Crippen LogP contribution in [-0.2, 0) is 4.79 Å². The fourth-order valence-electron chi connectivity index (χ4n) is 2.12. The van der Waals surface area contributed by atoms with Gasteiger partial charge in [-0.05, 0) is 11.6 Å². The first-order chi connectivity index (χ1) is 10.4. The van der Waals surface area contributed by atoms with Gasteiger partial charge in [-0.3, -0.25) is 9.59 Å². The number of ketones is 1. The first-order valence-electron chi connectivity index (χ1n) is 6.71. The molecule has 0 saturated carbocycles. The average molecular weight is 337 g/mol. The minimum atomic E-state index is -1.03. The molecule has 0 fully saturated rings. The highest BCUT2D eigenvalue weighted by atomic mass is 35.5. The summed E-state index contributed by atoms with van der Waals surface area (Å²) < 4.78 is 0. The molecule has 1 N–H and O–H groups in total. The zero-order chi connectivity index (χ0) is 16.3. The molecule has 0 spiro atoms. The summed E-state index contributed by atoms with van der Waals surface area (Å²) in [5.41, 5.74) is 1.74. The van der Waals surface area contributed by atoms with Crippen molar-refractivity contribution in [2.24, 2.45) is 5.92 Å². The van der Waals surface area contributed by atoms with Gasteiger partial charge in [-0.15, -0.1) is 0 Å². The SMILES string of the molecule is CC(CC(=O)c1c(Cl)ccc(-c2ccccc2)c1Cl)C(=O)O. The molecule has 0 aliphatic carbocycles. The Bertz CT molecular complexity index is 711. The lowest BCUT2D eigenvalue weighted by Crippen LogP contribution is -2.15. The summed E-state index contributed by atoms with van der Waals surface area (Å²) in [4.78, 5) is 23.3. The molecule has 0 bridgehead atoms. The first kappa shape index (κ1) is 16.5. The molecule has 0 amide bonds. The number of carbonyl (C=O) groups excluding carboxylic acids is 1. The molecule has 2 aromatic rings. The molecular formula is C17H14Cl2O3. The zero-order valence-corrected chi connectivity index (χ0v) is 13.4. The number of rotatable bonds is 5. The molecule has 0 heterocycles. The molecule has 1 unspecified atom stereocenters. The lowest BCUT2D eigenvalue weighted by atomic mass is 9.96. The van der Waals surface area contributed by atoms with E-state index in [1.807, 2.05) is 30.3 Å². The number of benzene rings is 2. The smallest absolute Gasteiger partial charge is 0.306 e. The predicted molar refractivity (Wildman–Crippen MR) is 87.6 cm³/mol. The third kappa shape index (κ3) is 3.49. The number of halogens is 2. The summed E-state index contributed by atoms with van der Waals surface area (Å²) in [5.74, 6) is -2.19. The monoisotopic (exact) mass is 336 g/mol. The van der Waals surface area contributed by atoms with Gasteiger partial charge < -0.3 is 5.11 Å². The molecule has 5 heteroatoms. The third-order valence-corrected chi connectivity index (χ3v) is 4.08. The van der Waals surface area contributed by atoms with Gasteiger partial charge in [-0.2, -0.15) is 0 Å². The van der Waals surface area contributed by atoms with Gasteiger partial charge in [0, 0.05) is 12.0 Å². The van der Waals surface area contributed by atoms with E-state index in [1.165, 1.54) is 6.92 Å². The van der Waals surface area contributed by atoms with Gasteiger partial charge in [-0.25, -0.2) is 0 Å². The third-order valence-electron chi connectivity index (χ3n) is 3.37. The summed E-state index contributed by atoms with van der Waals surface area (Å²) >= 11 is 12.4. The van der Waals surface area contributed by atoms with E-state index in [4.69, 9.17) is 28.3 Å². The van der Waals surface area contributed by atoms with Crippen LogP contribution in [0.1, 0.15) is 23.7 Å². The second-order valence-electron chi connectivity index (χ2n) is 5.02. The molecular weight excluding hydrogens is 323 g/mol. The zero-order valence-electron chi connectivity index (χ0n) is 11.8. The van der Waals surface area contributed by atoms with E-state index < -0.39 is 11.9 Å². The van der Waals surface area contributed by atoms with Gasteiger partial charge in [-0.1, -0.05) is 66.5 Å². The predicted octanol–water partition coefficient (Wildman–Crippen LogP) is 4.95. The van der Waals surface area contributed by atoms with Gasteiger partial charge in [0.15, 0.2) is 5.78 Å². The minimum Gasteiger partial charge on any atom is -0.481 e. The number of aliphatic carboxylic acids is 1. The van der Waals surface area contributed by atoms with E-state index >= 15 is 0 Å². The van der Waals surface area contributed by atoms with Crippen molar-refractivity contribution in [2.45, 2.75) is 13.3 Å². The van der Waals surface area contributed by atoms with Crippen molar-refractivity contribution < 1.29 is 14.7 Å². The van der Waals surface area contributed by atoms with Crippen LogP contribution in [0.25, 0.3) is 11.1 Å². The van der Waals surface area contributed by atoms with Crippen molar-refractivity contribution in [2.75, 3.05) is 0 Å². The van der Waals surface area contributed by atoms with Crippen LogP contribution in [0.2, 0.25) is 10.0 Å². The molecule has 1 atom stereocenters. The standard InChI is InChI=1S/C17H14Cl2O3/c1-10(17(21)22)9-14(20)15-13(18)8-7-12(16(15)19)11-5-3-2-4-6-11/h2-8,10H,9H2,1H3,(H,21,22). The first-order valence-corrected chi connectivity index (χ1v) is 7.46. The van der Waals surface area contributed by atoms with Crippen LogP contribution >= 0.6 is 23.2 Å². The van der Waals surface area contributed by atoms with Gasteiger partial charge in [0.1, 0.15) is 0 Å². The maximum absolute atomic E-state index is 12.4. The molecule has 2 aromatic carbocycles. The Morgan fingerprint density at radius 1 is 1.09 bits per heavy atom. The molecule has 0 aliphatic heterocycles. The van der Waals surface area contributed by atoms with Crippen molar-refractivity contribution >= 4 is 35.0 Å². The van der Waals surface area contributed by atoms with Gasteiger partial charge in [0.05, 0.1) is 21.5 Å². The quantitative estimate of drug-likeness (QED) is 0.785. The van der Waals surface area contributed by atoms with Gasteiger partial charge >= 0.3 is 5.97 Å². The van der Waals surface area contributed by atoms with Crippen LogP contribution in [0.3, 0.4) is 0 Å². The highest BCUT2D eigenvalue weighted by Crippen LogP contribution is 2.35. The summed E-state index contributed by atoms with van der Waals surface area (Å²) in [6.07, 6.45) is -0.146. The maximum atomic E-state index is 12.4. The van der Waals surface area contributed by atoms with Gasteiger partial charge in [0.2, 0.25) is 0 Å². The normalized spacial score (nSPS) is 12.0. The van der Waals surface area contributed by atoms with Crippen LogP contribution in [-0.4, -0.2) is 16.9 Å². The van der Waals surface area contributed by atoms with Crippen LogP contribution in [0.5, 0.6) is 0 Å². The van der Waals surface area contributed by atoms with Crippen LogP contribution in [0.15, 0.2) is 42.5 Å². The molecule has 2 rings (SSSR count). The Kier molecular flexibility index (Phi) is 5.22. The molecule has 3 nitrogen and oxygen atoms in total. The van der Waals surface area contributed by atoms with Crippen LogP contribution in [0, 0.1) is 5.92 Å². The lowest BCUT2D eigenvalue weighted by molar-refractivity contribution is -0.141. The maximum Gasteiger partial charge on any atom is 0.306 e. The molecule has 0 saturated heterocycles. The summed E-state index contributed by atoms with van der Waals surface area (Å²) in [7, 11) is 0. The van der Waals surface area contributed by atoms with Crippen LogP contribution in [0.4, 0.5) is 0 Å². The number of hydrogen-bond acceptors (Lipinski definition) is 2. The number of Topliss-reactive ketones (excluding diaryl/α,β-unsaturated/α-hetero) is 1. The second kappa shape index (κ2) is 6.95. The van der Waals surface area contributed by atoms with Crippen molar-refractivity contribution in [3.05, 3.63) is 58.1 Å². The van der Waals surface area contributed by atoms with Crippen molar-refractivity contribution in [3.8, 4) is 11.1 Å². The molecule has 0 radical (unpaired) electrons. The fourth-order valence-corrected chi connectivity index (χ4v) is 2.81. The number of carbonyl (C=O) groups is 2. The Hall–Kier alpha value is -1.84. The highest BCUT2D eigenvalue weighted by molar-refractivity contribution is 6.41. The molecule has 0 aromatic heterocycles. The Morgan fingerprint density at radius 2 is 1.73 bits per heavy atom. The minimum absolute atomic E-state index is 0.146. The number of carboxylic acids is 1. The molecule has 0 aliphatic rings. The number of hydrogen-bond donors (Lipinski definition) is 1. The summed E-state index contributed by atoms with van der Waals surface area (Å²) in [5, 5.41) is 9.41. The topological polar surface area (TPSA) is 54.4 Å². The van der Waals surface area contributed by atoms with E-state index in [0.29, 0.717) is 5.56 Å². The Labute approximate surface area is 138 Å². The van der Waals surface area contributed by atoms with E-state index in [1.54, 1.807) is 12.1 Å². The molecule has 22 heavy (non-hydrogen) atoms. The van der Waals surface area contributed by atoms with Crippen molar-refractivity contribution in [1.82, 2.24) is 0 Å². The van der Waals surface area contributed by atoms with E-state index in [-0.39, 0.29) is 27.8 Å². The fraction of sp³-hybridized carbons (Fsp3) is 0.176.